The van der Waals surface area contributed by atoms with Crippen LogP contribution in [0.3, 0.4) is 0 Å². The molecule has 4 heteroatoms. The van der Waals surface area contributed by atoms with Crippen LogP contribution in [-0.4, -0.2) is 16.5 Å². The number of nitrogens with one attached hydrogen (secondary N) is 1. The van der Waals surface area contributed by atoms with Crippen LogP contribution in [0.2, 0.25) is 0 Å². The molecule has 0 bridgehead atoms. The number of benzene rings is 1. The molecule has 0 amide bonds. The first-order valence-corrected chi connectivity index (χ1v) is 6.75. The highest BCUT2D eigenvalue weighted by Gasteiger charge is 2.14. The summed E-state index contributed by atoms with van der Waals surface area (Å²) in [6.45, 7) is 5.09. The number of hydrogen-bond donors (Lipinski definition) is 1. The molecular weight excluding hydrogens is 290 g/mol. The number of halogens is 1. The van der Waals surface area contributed by atoms with E-state index in [0.29, 0.717) is 0 Å². The maximum Gasteiger partial charge on any atom is 0.115 e. The van der Waals surface area contributed by atoms with E-state index in [0.717, 1.165) is 16.6 Å². The minimum atomic E-state index is 0.132. The molecule has 0 saturated carbocycles. The molecule has 0 spiro atoms. The van der Waals surface area contributed by atoms with E-state index in [1.54, 1.807) is 6.33 Å². The Morgan fingerprint density at radius 1 is 1.17 bits per heavy atom. The van der Waals surface area contributed by atoms with Gasteiger partial charge in [-0.25, -0.2) is 9.97 Å². The lowest BCUT2D eigenvalue weighted by atomic mass is 9.99. The van der Waals surface area contributed by atoms with E-state index in [2.05, 4.69) is 63.3 Å². The fraction of sp³-hybridized carbons (Fsp3) is 0.286. The van der Waals surface area contributed by atoms with Gasteiger partial charge in [-0.15, -0.1) is 0 Å². The Kier molecular flexibility index (Phi) is 4.44. The molecule has 18 heavy (non-hydrogen) atoms. The third kappa shape index (κ3) is 3.15. The number of nitrogens with zero attached hydrogens (tertiary/aromatic N) is 2. The quantitative estimate of drug-likeness (QED) is 0.942. The first kappa shape index (κ1) is 13.2. The molecule has 94 valence electrons. The van der Waals surface area contributed by atoms with Gasteiger partial charge in [-0.05, 0) is 36.7 Å². The van der Waals surface area contributed by atoms with Crippen LogP contribution in [0.4, 0.5) is 0 Å². The van der Waals surface area contributed by atoms with Gasteiger partial charge in [0.1, 0.15) is 6.33 Å². The van der Waals surface area contributed by atoms with Crippen LogP contribution < -0.4 is 5.32 Å². The zero-order valence-electron chi connectivity index (χ0n) is 10.5. The molecule has 2 aromatic rings. The summed E-state index contributed by atoms with van der Waals surface area (Å²) in [4.78, 5) is 8.19. The van der Waals surface area contributed by atoms with E-state index in [9.17, 15) is 0 Å². The highest BCUT2D eigenvalue weighted by atomic mass is 79.9. The normalized spacial score (nSPS) is 12.4. The van der Waals surface area contributed by atoms with Crippen LogP contribution in [0.15, 0.2) is 41.4 Å². The maximum atomic E-state index is 4.10. The average molecular weight is 306 g/mol. The standard InChI is InChI=1S/C14H16BrN3/c1-3-18-14(12-7-16-9-17-8-12)11-4-10(2)5-13(15)6-11/h4-9,14,18H,3H2,1-2H3. The molecule has 1 aromatic carbocycles. The summed E-state index contributed by atoms with van der Waals surface area (Å²) < 4.78 is 1.09. The second-order valence-electron chi connectivity index (χ2n) is 4.22. The molecule has 1 heterocycles. The van der Waals surface area contributed by atoms with Gasteiger partial charge in [-0.3, -0.25) is 0 Å². The van der Waals surface area contributed by atoms with Crippen molar-refractivity contribution in [2.24, 2.45) is 0 Å². The topological polar surface area (TPSA) is 37.8 Å². The van der Waals surface area contributed by atoms with Crippen molar-refractivity contribution in [1.29, 1.82) is 0 Å². The zero-order chi connectivity index (χ0) is 13.0. The Hall–Kier alpha value is -1.26. The van der Waals surface area contributed by atoms with Crippen LogP contribution in [0.5, 0.6) is 0 Å². The van der Waals surface area contributed by atoms with E-state index in [4.69, 9.17) is 0 Å². The van der Waals surface area contributed by atoms with Crippen LogP contribution in [0, 0.1) is 6.92 Å². The van der Waals surface area contributed by atoms with Crippen molar-refractivity contribution in [2.75, 3.05) is 6.54 Å². The third-order valence-corrected chi connectivity index (χ3v) is 3.18. The van der Waals surface area contributed by atoms with Gasteiger partial charge in [0, 0.05) is 22.4 Å². The Bertz CT molecular complexity index is 493. The highest BCUT2D eigenvalue weighted by molar-refractivity contribution is 9.10. The fourth-order valence-corrected chi connectivity index (χ4v) is 2.65. The summed E-state index contributed by atoms with van der Waals surface area (Å²) in [7, 11) is 0. The SMILES string of the molecule is CCNC(c1cncnc1)c1cc(C)cc(Br)c1. The highest BCUT2D eigenvalue weighted by Crippen LogP contribution is 2.25. The fourth-order valence-electron chi connectivity index (χ4n) is 2.02. The monoisotopic (exact) mass is 305 g/mol. The minimum absolute atomic E-state index is 0.132. The molecule has 0 saturated heterocycles. The summed E-state index contributed by atoms with van der Waals surface area (Å²) >= 11 is 3.55. The van der Waals surface area contributed by atoms with Crippen molar-refractivity contribution in [1.82, 2.24) is 15.3 Å². The smallest absolute Gasteiger partial charge is 0.115 e. The Labute approximate surface area is 116 Å². The molecular formula is C14H16BrN3. The molecule has 0 aliphatic rings. The first-order chi connectivity index (χ1) is 8.70. The molecule has 0 aliphatic carbocycles. The van der Waals surface area contributed by atoms with Crippen molar-refractivity contribution in [3.05, 3.63) is 58.1 Å². The summed E-state index contributed by atoms with van der Waals surface area (Å²) in [5.41, 5.74) is 3.54. The van der Waals surface area contributed by atoms with Crippen molar-refractivity contribution in [3.63, 3.8) is 0 Å². The van der Waals surface area contributed by atoms with Gasteiger partial charge < -0.3 is 5.32 Å². The Morgan fingerprint density at radius 2 is 1.89 bits per heavy atom. The van der Waals surface area contributed by atoms with Gasteiger partial charge in [-0.1, -0.05) is 28.9 Å². The van der Waals surface area contributed by atoms with Gasteiger partial charge in [0.25, 0.3) is 0 Å². The predicted octanol–water partition coefficient (Wildman–Crippen LogP) is 3.25. The second-order valence-corrected chi connectivity index (χ2v) is 5.14. The number of aromatic nitrogens is 2. The van der Waals surface area contributed by atoms with Gasteiger partial charge in [-0.2, -0.15) is 0 Å². The molecule has 0 radical (unpaired) electrons. The van der Waals surface area contributed by atoms with Crippen molar-refractivity contribution < 1.29 is 0 Å². The largest absolute Gasteiger partial charge is 0.306 e. The van der Waals surface area contributed by atoms with Crippen LogP contribution in [-0.2, 0) is 0 Å². The predicted molar refractivity (Wildman–Crippen MR) is 76.4 cm³/mol. The molecule has 1 N–H and O–H groups in total. The van der Waals surface area contributed by atoms with E-state index in [1.807, 2.05) is 12.4 Å². The van der Waals surface area contributed by atoms with Gasteiger partial charge in [0.2, 0.25) is 0 Å². The molecule has 0 fully saturated rings. The lowest BCUT2D eigenvalue weighted by molar-refractivity contribution is 0.625. The average Bonchev–Trinajstić information content (AvgIpc) is 2.36. The molecule has 0 aliphatic heterocycles. The van der Waals surface area contributed by atoms with Crippen LogP contribution in [0.1, 0.15) is 29.7 Å². The molecule has 2 rings (SSSR count). The number of hydrogen-bond acceptors (Lipinski definition) is 3. The second kappa shape index (κ2) is 6.07. The maximum absolute atomic E-state index is 4.10. The summed E-state index contributed by atoms with van der Waals surface area (Å²) in [6.07, 6.45) is 5.27. The molecule has 1 aromatic heterocycles. The van der Waals surface area contributed by atoms with Gasteiger partial charge >= 0.3 is 0 Å². The lowest BCUT2D eigenvalue weighted by Crippen LogP contribution is -2.22. The molecule has 3 nitrogen and oxygen atoms in total. The van der Waals surface area contributed by atoms with Gasteiger partial charge in [0.15, 0.2) is 0 Å². The van der Waals surface area contributed by atoms with E-state index in [-0.39, 0.29) is 6.04 Å². The van der Waals surface area contributed by atoms with Crippen molar-refractivity contribution in [3.8, 4) is 0 Å². The van der Waals surface area contributed by atoms with Crippen LogP contribution >= 0.6 is 15.9 Å². The summed E-state index contributed by atoms with van der Waals surface area (Å²) in [5, 5.41) is 3.47. The van der Waals surface area contributed by atoms with E-state index >= 15 is 0 Å². The molecule has 1 unspecified atom stereocenters. The third-order valence-electron chi connectivity index (χ3n) is 2.72. The number of rotatable bonds is 4. The number of aryl methyl sites for hydroxylation is 1. The van der Waals surface area contributed by atoms with E-state index in [1.165, 1.54) is 11.1 Å². The molecule has 1 atom stereocenters. The van der Waals surface area contributed by atoms with Gasteiger partial charge in [0.05, 0.1) is 6.04 Å². The zero-order valence-corrected chi connectivity index (χ0v) is 12.1. The van der Waals surface area contributed by atoms with E-state index < -0.39 is 0 Å². The Morgan fingerprint density at radius 3 is 2.50 bits per heavy atom. The lowest BCUT2D eigenvalue weighted by Gasteiger charge is -2.19. The first-order valence-electron chi connectivity index (χ1n) is 5.96. The minimum Gasteiger partial charge on any atom is -0.306 e. The summed E-state index contributed by atoms with van der Waals surface area (Å²) in [5.74, 6) is 0. The Balaban J connectivity index is 2.41. The van der Waals surface area contributed by atoms with Crippen molar-refractivity contribution in [2.45, 2.75) is 19.9 Å². The van der Waals surface area contributed by atoms with Crippen LogP contribution in [0.25, 0.3) is 0 Å². The van der Waals surface area contributed by atoms with Crippen molar-refractivity contribution >= 4 is 15.9 Å². The summed E-state index contributed by atoms with van der Waals surface area (Å²) in [6, 6.07) is 6.55.